The van der Waals surface area contributed by atoms with Gasteiger partial charge in [0.1, 0.15) is 5.78 Å². The summed E-state index contributed by atoms with van der Waals surface area (Å²) in [6, 6.07) is 0. The van der Waals surface area contributed by atoms with Crippen molar-refractivity contribution in [2.24, 2.45) is 11.7 Å². The summed E-state index contributed by atoms with van der Waals surface area (Å²) in [4.78, 5) is 20.2. The van der Waals surface area contributed by atoms with E-state index in [0.29, 0.717) is 11.7 Å². The summed E-state index contributed by atoms with van der Waals surface area (Å²) in [7, 11) is 1.22. The van der Waals surface area contributed by atoms with Gasteiger partial charge in [0.25, 0.3) is 0 Å². The molecule has 1 aliphatic rings. The van der Waals surface area contributed by atoms with Crippen LogP contribution in [-0.4, -0.2) is 19.0 Å². The summed E-state index contributed by atoms with van der Waals surface area (Å²) in [5.74, 6) is 0.813. The van der Waals surface area contributed by atoms with Crippen LogP contribution in [0.3, 0.4) is 0 Å². The van der Waals surface area contributed by atoms with Crippen LogP contribution in [0.4, 0.5) is 4.79 Å². The minimum absolute atomic E-state index is 0.398. The Labute approximate surface area is 112 Å². The quantitative estimate of drug-likeness (QED) is 0.777. The van der Waals surface area contributed by atoms with Crippen molar-refractivity contribution >= 4 is 11.9 Å². The lowest BCUT2D eigenvalue weighted by molar-refractivity contribution is -0.121. The Balaban J connectivity index is -0.000000215. The number of Topliss-reactive ketones (excluding diaryl/α,β-unsaturated/α-hetero) is 1. The predicted molar refractivity (Wildman–Crippen MR) is 76.5 cm³/mol. The van der Waals surface area contributed by atoms with Gasteiger partial charge >= 0.3 is 6.09 Å². The highest BCUT2D eigenvalue weighted by molar-refractivity contribution is 5.78. The van der Waals surface area contributed by atoms with Crippen LogP contribution in [0, 0.1) is 5.92 Å². The molecule has 1 aliphatic carbocycles. The van der Waals surface area contributed by atoms with Gasteiger partial charge in [0, 0.05) is 5.92 Å². The molecule has 1 amide bonds. The number of carbonyl (C=O) groups is 2. The standard InChI is InChI=1S/C8H14O.C2H5NO2.2C2H6/c1-7(9)8-5-3-2-4-6-8;1-5-2(3)4;2*1-2/h8H,2-6H2,1H3;1H3,(H2,3,4);2*1-2H3. The van der Waals surface area contributed by atoms with E-state index >= 15 is 0 Å². The summed E-state index contributed by atoms with van der Waals surface area (Å²) >= 11 is 0. The second-order valence-electron chi connectivity index (χ2n) is 3.47. The van der Waals surface area contributed by atoms with Crippen LogP contribution in [-0.2, 0) is 9.53 Å². The molecule has 1 rings (SSSR count). The molecule has 18 heavy (non-hydrogen) atoms. The average molecular weight is 261 g/mol. The van der Waals surface area contributed by atoms with Gasteiger partial charge in [0.15, 0.2) is 0 Å². The lowest BCUT2D eigenvalue weighted by Crippen LogP contribution is -2.13. The summed E-state index contributed by atoms with van der Waals surface area (Å²) in [5, 5.41) is 0. The fourth-order valence-corrected chi connectivity index (χ4v) is 1.51. The van der Waals surface area contributed by atoms with Gasteiger partial charge in [-0.1, -0.05) is 47.0 Å². The fraction of sp³-hybridized carbons (Fsp3) is 0.857. The van der Waals surface area contributed by atoms with Crippen LogP contribution in [0.2, 0.25) is 0 Å². The largest absolute Gasteiger partial charge is 0.453 e. The Morgan fingerprint density at radius 3 is 1.50 bits per heavy atom. The molecule has 0 unspecified atom stereocenters. The van der Waals surface area contributed by atoms with Crippen molar-refractivity contribution in [2.45, 2.75) is 66.7 Å². The van der Waals surface area contributed by atoms with E-state index in [0.717, 1.165) is 12.8 Å². The zero-order valence-corrected chi connectivity index (χ0v) is 12.9. The number of carbonyl (C=O) groups excluding carboxylic acids is 2. The summed E-state index contributed by atoms with van der Waals surface area (Å²) in [5.41, 5.74) is 4.43. The third-order valence-corrected chi connectivity index (χ3v) is 2.38. The number of ether oxygens (including phenoxy) is 1. The minimum Gasteiger partial charge on any atom is -0.453 e. The number of nitrogens with two attached hydrogens (primary N) is 1. The van der Waals surface area contributed by atoms with E-state index in [2.05, 4.69) is 10.5 Å². The van der Waals surface area contributed by atoms with Gasteiger partial charge in [-0.3, -0.25) is 4.79 Å². The maximum absolute atomic E-state index is 10.8. The molecule has 4 heteroatoms. The zero-order valence-electron chi connectivity index (χ0n) is 12.9. The number of ketones is 1. The molecule has 0 aromatic rings. The highest BCUT2D eigenvalue weighted by Crippen LogP contribution is 2.23. The highest BCUT2D eigenvalue weighted by Gasteiger charge is 2.16. The first-order chi connectivity index (χ1) is 8.57. The third-order valence-electron chi connectivity index (χ3n) is 2.38. The van der Waals surface area contributed by atoms with Crippen molar-refractivity contribution in [1.82, 2.24) is 0 Å². The molecule has 0 radical (unpaired) electrons. The van der Waals surface area contributed by atoms with E-state index < -0.39 is 6.09 Å². The van der Waals surface area contributed by atoms with Crippen LogP contribution in [0.1, 0.15) is 66.7 Å². The molecule has 0 atom stereocenters. The normalized spacial score (nSPS) is 13.4. The van der Waals surface area contributed by atoms with Crippen molar-refractivity contribution in [3.63, 3.8) is 0 Å². The van der Waals surface area contributed by atoms with Crippen molar-refractivity contribution < 1.29 is 14.3 Å². The molecule has 0 saturated heterocycles. The molecule has 110 valence electrons. The van der Waals surface area contributed by atoms with Crippen molar-refractivity contribution in [2.75, 3.05) is 7.11 Å². The highest BCUT2D eigenvalue weighted by atomic mass is 16.5. The Morgan fingerprint density at radius 1 is 1.00 bits per heavy atom. The Hall–Kier alpha value is -1.06. The Morgan fingerprint density at radius 2 is 1.33 bits per heavy atom. The van der Waals surface area contributed by atoms with Gasteiger partial charge in [-0.05, 0) is 19.8 Å². The maximum atomic E-state index is 10.8. The van der Waals surface area contributed by atoms with E-state index in [1.54, 1.807) is 6.92 Å². The first kappa shape index (κ1) is 22.1. The van der Waals surface area contributed by atoms with Gasteiger partial charge in [-0.25, -0.2) is 4.79 Å². The maximum Gasteiger partial charge on any atom is 0.404 e. The molecular weight excluding hydrogens is 230 g/mol. The monoisotopic (exact) mass is 261 g/mol. The third kappa shape index (κ3) is 17.3. The van der Waals surface area contributed by atoms with Gasteiger partial charge in [-0.2, -0.15) is 0 Å². The molecule has 0 aliphatic heterocycles. The SMILES string of the molecule is CC.CC.CC(=O)C1CCCCC1.COC(N)=O. The molecule has 0 spiro atoms. The summed E-state index contributed by atoms with van der Waals surface area (Å²) in [6.45, 7) is 9.72. The Kier molecular flexibility index (Phi) is 22.5. The van der Waals surface area contributed by atoms with Crippen LogP contribution in [0.25, 0.3) is 0 Å². The van der Waals surface area contributed by atoms with Gasteiger partial charge in [0.05, 0.1) is 7.11 Å². The lowest BCUT2D eigenvalue weighted by atomic mass is 9.87. The first-order valence-corrected chi connectivity index (χ1v) is 6.91. The zero-order chi connectivity index (χ0) is 15.0. The number of methoxy groups -OCH3 is 1. The molecule has 2 N–H and O–H groups in total. The van der Waals surface area contributed by atoms with Gasteiger partial charge in [-0.15, -0.1) is 0 Å². The van der Waals surface area contributed by atoms with E-state index in [9.17, 15) is 9.59 Å². The van der Waals surface area contributed by atoms with Crippen LogP contribution < -0.4 is 5.73 Å². The van der Waals surface area contributed by atoms with Crippen LogP contribution in [0.5, 0.6) is 0 Å². The smallest absolute Gasteiger partial charge is 0.404 e. The molecule has 0 aromatic heterocycles. The molecular formula is C14H31NO3. The number of amides is 1. The molecule has 4 nitrogen and oxygen atoms in total. The molecule has 0 heterocycles. The minimum atomic E-state index is -0.745. The second kappa shape index (κ2) is 18.3. The van der Waals surface area contributed by atoms with Gasteiger partial charge in [0.2, 0.25) is 0 Å². The topological polar surface area (TPSA) is 69.4 Å². The van der Waals surface area contributed by atoms with Crippen molar-refractivity contribution in [3.05, 3.63) is 0 Å². The second-order valence-corrected chi connectivity index (χ2v) is 3.47. The van der Waals surface area contributed by atoms with Crippen molar-refractivity contribution in [3.8, 4) is 0 Å². The number of hydrogen-bond acceptors (Lipinski definition) is 3. The van der Waals surface area contributed by atoms with E-state index in [1.807, 2.05) is 27.7 Å². The first-order valence-electron chi connectivity index (χ1n) is 6.91. The molecule has 0 bridgehead atoms. The number of hydrogen-bond donors (Lipinski definition) is 1. The lowest BCUT2D eigenvalue weighted by Gasteiger charge is -2.17. The molecule has 1 fully saturated rings. The predicted octanol–water partition coefficient (Wildman–Crippen LogP) is 3.92. The van der Waals surface area contributed by atoms with Crippen LogP contribution >= 0.6 is 0 Å². The van der Waals surface area contributed by atoms with E-state index in [-0.39, 0.29) is 0 Å². The van der Waals surface area contributed by atoms with Crippen molar-refractivity contribution in [1.29, 1.82) is 0 Å². The van der Waals surface area contributed by atoms with Crippen LogP contribution in [0.15, 0.2) is 0 Å². The summed E-state index contributed by atoms with van der Waals surface area (Å²) < 4.78 is 3.89. The Bertz CT molecular complexity index is 187. The fourth-order valence-electron chi connectivity index (χ4n) is 1.51. The number of rotatable bonds is 1. The molecule has 0 aromatic carbocycles. The van der Waals surface area contributed by atoms with E-state index in [1.165, 1.54) is 26.4 Å². The molecule has 1 saturated carbocycles. The number of primary amides is 1. The van der Waals surface area contributed by atoms with E-state index in [4.69, 9.17) is 0 Å². The average Bonchev–Trinajstić information content (AvgIpc) is 2.44. The van der Waals surface area contributed by atoms with Gasteiger partial charge < -0.3 is 10.5 Å². The summed E-state index contributed by atoms with van der Waals surface area (Å²) in [6.07, 6.45) is 5.42.